The second kappa shape index (κ2) is 5.41. The number of thiophene rings is 1. The highest BCUT2D eigenvalue weighted by molar-refractivity contribution is 7.17. The first-order valence-corrected chi connectivity index (χ1v) is 8.42. The van der Waals surface area contributed by atoms with E-state index in [9.17, 15) is 4.79 Å². The molecule has 2 aromatic rings. The molecule has 0 spiro atoms. The number of nitrogens with zero attached hydrogens (tertiary/aromatic N) is 1. The number of para-hydroxylation sites is 1. The maximum absolute atomic E-state index is 12.8. The zero-order chi connectivity index (χ0) is 15.1. The SMILES string of the molecule is C[C@H]1CNCCN1C(=O)c1cc2c(s1)-c1ccccc1OC2. The fourth-order valence-electron chi connectivity index (χ4n) is 3.09. The van der Waals surface area contributed by atoms with Crippen LogP contribution in [0.1, 0.15) is 22.2 Å². The zero-order valence-electron chi connectivity index (χ0n) is 12.5. The highest BCUT2D eigenvalue weighted by Crippen LogP contribution is 2.42. The molecule has 4 nitrogen and oxygen atoms in total. The van der Waals surface area contributed by atoms with Gasteiger partial charge in [-0.1, -0.05) is 12.1 Å². The Kier molecular flexibility index (Phi) is 3.39. The maximum Gasteiger partial charge on any atom is 0.264 e. The number of hydrogen-bond acceptors (Lipinski definition) is 4. The van der Waals surface area contributed by atoms with Crippen LogP contribution in [0, 0.1) is 0 Å². The van der Waals surface area contributed by atoms with Crippen molar-refractivity contribution in [3.8, 4) is 16.2 Å². The second-order valence-electron chi connectivity index (χ2n) is 5.80. The van der Waals surface area contributed by atoms with E-state index in [1.807, 2.05) is 29.2 Å². The maximum atomic E-state index is 12.8. The van der Waals surface area contributed by atoms with Gasteiger partial charge in [-0.3, -0.25) is 4.79 Å². The molecular weight excluding hydrogens is 296 g/mol. The molecule has 3 heterocycles. The van der Waals surface area contributed by atoms with Crippen molar-refractivity contribution >= 4 is 17.2 Å². The lowest BCUT2D eigenvalue weighted by molar-refractivity contribution is 0.0660. The summed E-state index contributed by atoms with van der Waals surface area (Å²) in [5.41, 5.74) is 2.22. The van der Waals surface area contributed by atoms with Crippen LogP contribution in [0.5, 0.6) is 5.75 Å². The van der Waals surface area contributed by atoms with Crippen LogP contribution in [-0.2, 0) is 6.61 Å². The Hall–Kier alpha value is -1.85. The number of carbonyl (C=O) groups is 1. The standard InChI is InChI=1S/C17H18N2O2S/c1-11-9-18-6-7-19(11)17(20)15-8-12-10-21-14-5-3-2-4-13(14)16(12)22-15/h2-5,8,11,18H,6-7,9-10H2,1H3/t11-/m0/s1. The molecule has 2 aliphatic heterocycles. The zero-order valence-corrected chi connectivity index (χ0v) is 13.3. The first-order valence-electron chi connectivity index (χ1n) is 7.60. The molecule has 4 rings (SSSR count). The monoisotopic (exact) mass is 314 g/mol. The van der Waals surface area contributed by atoms with Crippen LogP contribution in [0.25, 0.3) is 10.4 Å². The van der Waals surface area contributed by atoms with Crippen LogP contribution >= 0.6 is 11.3 Å². The number of hydrogen-bond donors (Lipinski definition) is 1. The lowest BCUT2D eigenvalue weighted by Crippen LogP contribution is -2.52. The fourth-order valence-corrected chi connectivity index (χ4v) is 4.24. The average Bonchev–Trinajstić information content (AvgIpc) is 2.99. The Balaban J connectivity index is 1.68. The average molecular weight is 314 g/mol. The molecule has 0 bridgehead atoms. The molecule has 114 valence electrons. The molecule has 0 radical (unpaired) electrons. The summed E-state index contributed by atoms with van der Waals surface area (Å²) in [7, 11) is 0. The minimum absolute atomic E-state index is 0.144. The Morgan fingerprint density at radius 2 is 2.27 bits per heavy atom. The fraction of sp³-hybridized carbons (Fsp3) is 0.353. The summed E-state index contributed by atoms with van der Waals surface area (Å²) in [6.45, 7) is 5.15. The number of rotatable bonds is 1. The minimum Gasteiger partial charge on any atom is -0.488 e. The van der Waals surface area contributed by atoms with Crippen LogP contribution in [0.4, 0.5) is 0 Å². The summed E-state index contributed by atoms with van der Waals surface area (Å²) in [4.78, 5) is 16.8. The molecule has 0 aliphatic carbocycles. The number of benzene rings is 1. The van der Waals surface area contributed by atoms with Gasteiger partial charge in [0, 0.05) is 41.7 Å². The van der Waals surface area contributed by atoms with Crippen molar-refractivity contribution in [1.29, 1.82) is 0 Å². The minimum atomic E-state index is 0.144. The van der Waals surface area contributed by atoms with Crippen LogP contribution in [-0.4, -0.2) is 36.5 Å². The molecule has 2 aliphatic rings. The molecule has 5 heteroatoms. The van der Waals surface area contributed by atoms with Crippen LogP contribution < -0.4 is 10.1 Å². The van der Waals surface area contributed by atoms with Gasteiger partial charge in [-0.25, -0.2) is 0 Å². The van der Waals surface area contributed by atoms with E-state index in [0.717, 1.165) is 41.4 Å². The highest BCUT2D eigenvalue weighted by atomic mass is 32.1. The Morgan fingerprint density at radius 1 is 1.41 bits per heavy atom. The van der Waals surface area contributed by atoms with E-state index < -0.39 is 0 Å². The van der Waals surface area contributed by atoms with E-state index >= 15 is 0 Å². The summed E-state index contributed by atoms with van der Waals surface area (Å²) in [5.74, 6) is 1.05. The van der Waals surface area contributed by atoms with E-state index in [1.54, 1.807) is 11.3 Å². The summed E-state index contributed by atoms with van der Waals surface area (Å²) in [5, 5.41) is 3.32. The molecule has 22 heavy (non-hydrogen) atoms. The van der Waals surface area contributed by atoms with Crippen molar-refractivity contribution in [2.75, 3.05) is 19.6 Å². The third-order valence-electron chi connectivity index (χ3n) is 4.30. The van der Waals surface area contributed by atoms with Crippen molar-refractivity contribution in [2.45, 2.75) is 19.6 Å². The molecule has 1 amide bonds. The first-order chi connectivity index (χ1) is 10.7. The van der Waals surface area contributed by atoms with Crippen LogP contribution in [0.3, 0.4) is 0 Å². The molecule has 1 N–H and O–H groups in total. The van der Waals surface area contributed by atoms with E-state index in [-0.39, 0.29) is 11.9 Å². The Morgan fingerprint density at radius 3 is 3.14 bits per heavy atom. The van der Waals surface area contributed by atoms with Gasteiger partial charge in [-0.2, -0.15) is 0 Å². The topological polar surface area (TPSA) is 41.6 Å². The van der Waals surface area contributed by atoms with Gasteiger partial charge >= 0.3 is 0 Å². The van der Waals surface area contributed by atoms with Gasteiger partial charge in [0.15, 0.2) is 0 Å². The first kappa shape index (κ1) is 13.8. The number of nitrogens with one attached hydrogen (secondary N) is 1. The lowest BCUT2D eigenvalue weighted by atomic mass is 10.1. The third kappa shape index (κ3) is 2.21. The van der Waals surface area contributed by atoms with Gasteiger partial charge in [-0.05, 0) is 25.1 Å². The van der Waals surface area contributed by atoms with E-state index in [1.165, 1.54) is 4.88 Å². The smallest absolute Gasteiger partial charge is 0.264 e. The molecule has 0 unspecified atom stereocenters. The molecule has 1 fully saturated rings. The van der Waals surface area contributed by atoms with Crippen molar-refractivity contribution in [3.63, 3.8) is 0 Å². The molecule has 1 saturated heterocycles. The van der Waals surface area contributed by atoms with Crippen LogP contribution in [0.15, 0.2) is 30.3 Å². The van der Waals surface area contributed by atoms with E-state index in [2.05, 4.69) is 18.3 Å². The number of fused-ring (bicyclic) bond motifs is 3. The van der Waals surface area contributed by atoms with Gasteiger partial charge in [0.05, 0.1) is 4.88 Å². The summed E-state index contributed by atoms with van der Waals surface area (Å²) >= 11 is 1.59. The molecule has 1 aromatic carbocycles. The van der Waals surface area contributed by atoms with Gasteiger partial charge in [-0.15, -0.1) is 11.3 Å². The molecule has 1 aromatic heterocycles. The summed E-state index contributed by atoms with van der Waals surface area (Å²) in [6, 6.07) is 10.3. The van der Waals surface area contributed by atoms with Gasteiger partial charge in [0.25, 0.3) is 5.91 Å². The Bertz CT molecular complexity index is 725. The summed E-state index contributed by atoms with van der Waals surface area (Å²) in [6.07, 6.45) is 0. The summed E-state index contributed by atoms with van der Waals surface area (Å²) < 4.78 is 5.78. The van der Waals surface area contributed by atoms with Crippen molar-refractivity contribution < 1.29 is 9.53 Å². The molecule has 1 atom stereocenters. The third-order valence-corrected chi connectivity index (χ3v) is 5.50. The lowest BCUT2D eigenvalue weighted by Gasteiger charge is -2.33. The van der Waals surface area contributed by atoms with Crippen LogP contribution in [0.2, 0.25) is 0 Å². The number of piperazine rings is 1. The van der Waals surface area contributed by atoms with Gasteiger partial charge in [0.2, 0.25) is 0 Å². The second-order valence-corrected chi connectivity index (χ2v) is 6.85. The highest BCUT2D eigenvalue weighted by Gasteiger charge is 2.28. The van der Waals surface area contributed by atoms with Gasteiger partial charge < -0.3 is 15.0 Å². The van der Waals surface area contributed by atoms with Crippen molar-refractivity contribution in [1.82, 2.24) is 10.2 Å². The van der Waals surface area contributed by atoms with Crippen molar-refractivity contribution in [3.05, 3.63) is 40.8 Å². The number of amides is 1. The normalized spacial score (nSPS) is 20.0. The molecule has 0 saturated carbocycles. The van der Waals surface area contributed by atoms with Gasteiger partial charge in [0.1, 0.15) is 12.4 Å². The predicted molar refractivity (Wildman–Crippen MR) is 87.5 cm³/mol. The largest absolute Gasteiger partial charge is 0.488 e. The van der Waals surface area contributed by atoms with Crippen molar-refractivity contribution in [2.24, 2.45) is 0 Å². The predicted octanol–water partition coefficient (Wildman–Crippen LogP) is 2.74. The van der Waals surface area contributed by atoms with E-state index in [0.29, 0.717) is 6.61 Å². The number of carbonyl (C=O) groups excluding carboxylic acids is 1. The quantitative estimate of drug-likeness (QED) is 0.880. The molecular formula is C17H18N2O2S. The van der Waals surface area contributed by atoms with E-state index in [4.69, 9.17) is 4.74 Å². The number of ether oxygens (including phenoxy) is 1. The Labute approximate surface area is 133 Å².